The summed E-state index contributed by atoms with van der Waals surface area (Å²) in [6.45, 7) is 2.02. The molecule has 1 saturated carbocycles. The maximum atomic E-state index is 12.6. The summed E-state index contributed by atoms with van der Waals surface area (Å²) in [5.74, 6) is 0.171. The minimum Gasteiger partial charge on any atom is -0.382 e. The zero-order valence-electron chi connectivity index (χ0n) is 12.1. The van der Waals surface area contributed by atoms with Gasteiger partial charge in [-0.3, -0.25) is 4.79 Å². The van der Waals surface area contributed by atoms with Crippen molar-refractivity contribution in [1.82, 2.24) is 4.98 Å². The first-order valence-corrected chi connectivity index (χ1v) is 7.74. The number of nitrogen functional groups attached to an aromatic ring is 1. The molecular formula is C15H18N4OS. The quantitative estimate of drug-likeness (QED) is 0.911. The molecule has 0 radical (unpaired) electrons. The second kappa shape index (κ2) is 5.37. The minimum absolute atomic E-state index is 0.127. The molecule has 0 atom stereocenters. The van der Waals surface area contributed by atoms with Gasteiger partial charge in [-0.1, -0.05) is 29.0 Å². The Morgan fingerprint density at radius 3 is 2.67 bits per heavy atom. The molecule has 1 heterocycles. The smallest absolute Gasteiger partial charge is 0.272 e. The van der Waals surface area contributed by atoms with Crippen molar-refractivity contribution in [2.45, 2.75) is 25.8 Å². The normalized spacial score (nSPS) is 14.0. The lowest BCUT2D eigenvalue weighted by Crippen LogP contribution is -2.26. The number of carbonyl (C=O) groups is 1. The molecule has 0 unspecified atom stereocenters. The molecule has 6 heteroatoms. The van der Waals surface area contributed by atoms with Crippen molar-refractivity contribution >= 4 is 33.9 Å². The lowest BCUT2D eigenvalue weighted by molar-refractivity contribution is 0.0997. The van der Waals surface area contributed by atoms with Crippen LogP contribution in [0, 0.1) is 6.92 Å². The van der Waals surface area contributed by atoms with Crippen LogP contribution >= 0.6 is 11.3 Å². The fourth-order valence-electron chi connectivity index (χ4n) is 1.99. The molecule has 5 nitrogen and oxygen atoms in total. The van der Waals surface area contributed by atoms with E-state index in [0.29, 0.717) is 16.7 Å². The summed E-state index contributed by atoms with van der Waals surface area (Å²) in [4.78, 5) is 18.9. The Labute approximate surface area is 127 Å². The molecule has 1 amide bonds. The van der Waals surface area contributed by atoms with E-state index in [9.17, 15) is 4.79 Å². The number of nitrogens with zero attached hydrogens (tertiary/aromatic N) is 2. The lowest BCUT2D eigenvalue weighted by Gasteiger charge is -2.16. The third-order valence-corrected chi connectivity index (χ3v) is 4.47. The van der Waals surface area contributed by atoms with Gasteiger partial charge in [-0.2, -0.15) is 0 Å². The minimum atomic E-state index is -0.127. The third-order valence-electron chi connectivity index (χ3n) is 3.48. The van der Waals surface area contributed by atoms with Crippen molar-refractivity contribution in [3.63, 3.8) is 0 Å². The Hall–Kier alpha value is -2.08. The first kappa shape index (κ1) is 13.9. The number of thiazole rings is 1. The Kier molecular flexibility index (Phi) is 3.55. The van der Waals surface area contributed by atoms with E-state index in [1.807, 2.05) is 31.2 Å². The van der Waals surface area contributed by atoms with Crippen LogP contribution in [0.15, 0.2) is 24.3 Å². The number of nitrogens with two attached hydrogens (primary N) is 1. The van der Waals surface area contributed by atoms with Gasteiger partial charge in [0.05, 0.1) is 0 Å². The van der Waals surface area contributed by atoms with Crippen molar-refractivity contribution < 1.29 is 4.79 Å². The standard InChI is InChI=1S/C15H18N4OS/c1-9-3-7-11(8-4-9)19(2)14(20)12-13(16)18-15(21-12)17-10-5-6-10/h3-4,7-8,10H,5-6,16H2,1-2H3,(H,17,18). The Morgan fingerprint density at radius 1 is 1.38 bits per heavy atom. The molecule has 3 rings (SSSR count). The van der Waals surface area contributed by atoms with Crippen LogP contribution in [0.3, 0.4) is 0 Å². The van der Waals surface area contributed by atoms with Gasteiger partial charge < -0.3 is 16.0 Å². The van der Waals surface area contributed by atoms with Crippen molar-refractivity contribution in [1.29, 1.82) is 0 Å². The largest absolute Gasteiger partial charge is 0.382 e. The van der Waals surface area contributed by atoms with Crippen molar-refractivity contribution in [3.05, 3.63) is 34.7 Å². The molecule has 2 aromatic rings. The molecule has 1 aromatic carbocycles. The summed E-state index contributed by atoms with van der Waals surface area (Å²) in [5, 5.41) is 4.01. The molecule has 110 valence electrons. The zero-order valence-corrected chi connectivity index (χ0v) is 12.9. The highest BCUT2D eigenvalue weighted by Gasteiger charge is 2.25. The van der Waals surface area contributed by atoms with Crippen molar-refractivity contribution in [2.75, 3.05) is 23.0 Å². The number of hydrogen-bond acceptors (Lipinski definition) is 5. The maximum absolute atomic E-state index is 12.6. The Morgan fingerprint density at radius 2 is 2.05 bits per heavy atom. The molecule has 0 bridgehead atoms. The molecular weight excluding hydrogens is 284 g/mol. The van der Waals surface area contributed by atoms with Gasteiger partial charge >= 0.3 is 0 Å². The highest BCUT2D eigenvalue weighted by atomic mass is 32.1. The van der Waals surface area contributed by atoms with Crippen LogP contribution in [0.4, 0.5) is 16.6 Å². The number of amides is 1. The second-order valence-corrected chi connectivity index (χ2v) is 6.35. The molecule has 1 aromatic heterocycles. The summed E-state index contributed by atoms with van der Waals surface area (Å²) in [6, 6.07) is 8.31. The molecule has 21 heavy (non-hydrogen) atoms. The van der Waals surface area contributed by atoms with Crippen LogP contribution in [0.25, 0.3) is 0 Å². The topological polar surface area (TPSA) is 71.2 Å². The van der Waals surface area contributed by atoms with Gasteiger partial charge in [0.15, 0.2) is 5.13 Å². The van der Waals surface area contributed by atoms with Crippen LogP contribution in [0.5, 0.6) is 0 Å². The van der Waals surface area contributed by atoms with E-state index >= 15 is 0 Å². The number of nitrogens with one attached hydrogen (secondary N) is 1. The summed E-state index contributed by atoms with van der Waals surface area (Å²) in [5.41, 5.74) is 7.89. The van der Waals surface area contributed by atoms with E-state index in [0.717, 1.165) is 29.2 Å². The third kappa shape index (κ3) is 3.00. The van der Waals surface area contributed by atoms with E-state index in [2.05, 4.69) is 10.3 Å². The van der Waals surface area contributed by atoms with Gasteiger partial charge in [0.25, 0.3) is 5.91 Å². The monoisotopic (exact) mass is 302 g/mol. The molecule has 1 fully saturated rings. The Balaban J connectivity index is 1.80. The molecule has 3 N–H and O–H groups in total. The average Bonchev–Trinajstić information content (AvgIpc) is 3.20. The number of aromatic nitrogens is 1. The Bertz CT molecular complexity index is 661. The van der Waals surface area contributed by atoms with Crippen molar-refractivity contribution in [3.8, 4) is 0 Å². The first-order valence-electron chi connectivity index (χ1n) is 6.92. The van der Waals surface area contributed by atoms with Gasteiger partial charge in [0.2, 0.25) is 0 Å². The van der Waals surface area contributed by atoms with Crippen LogP contribution in [-0.4, -0.2) is 24.0 Å². The van der Waals surface area contributed by atoms with Gasteiger partial charge in [0.1, 0.15) is 10.7 Å². The van der Waals surface area contributed by atoms with Crippen LogP contribution in [0.2, 0.25) is 0 Å². The molecule has 1 aliphatic carbocycles. The van der Waals surface area contributed by atoms with Crippen LogP contribution in [-0.2, 0) is 0 Å². The highest BCUT2D eigenvalue weighted by molar-refractivity contribution is 7.18. The maximum Gasteiger partial charge on any atom is 0.272 e. The highest BCUT2D eigenvalue weighted by Crippen LogP contribution is 2.31. The van der Waals surface area contributed by atoms with Gasteiger partial charge in [0, 0.05) is 18.8 Å². The SMILES string of the molecule is Cc1ccc(N(C)C(=O)c2sc(NC3CC3)nc2N)cc1. The van der Waals surface area contributed by atoms with E-state index in [1.54, 1.807) is 11.9 Å². The fourth-order valence-corrected chi connectivity index (χ4v) is 2.92. The fraction of sp³-hybridized carbons (Fsp3) is 0.333. The molecule has 0 spiro atoms. The van der Waals surface area contributed by atoms with Crippen LogP contribution < -0.4 is 16.0 Å². The lowest BCUT2D eigenvalue weighted by atomic mass is 10.2. The van der Waals surface area contributed by atoms with Crippen molar-refractivity contribution in [2.24, 2.45) is 0 Å². The van der Waals surface area contributed by atoms with E-state index in [-0.39, 0.29) is 5.91 Å². The molecule has 0 aliphatic heterocycles. The summed E-state index contributed by atoms with van der Waals surface area (Å²) >= 11 is 1.32. The first-order chi connectivity index (χ1) is 10.0. The van der Waals surface area contributed by atoms with E-state index < -0.39 is 0 Å². The van der Waals surface area contributed by atoms with Gasteiger partial charge in [-0.15, -0.1) is 0 Å². The predicted molar refractivity (Wildman–Crippen MR) is 87.1 cm³/mol. The number of benzene rings is 1. The average molecular weight is 302 g/mol. The van der Waals surface area contributed by atoms with Gasteiger partial charge in [-0.25, -0.2) is 4.98 Å². The number of carbonyl (C=O) groups excluding carboxylic acids is 1. The predicted octanol–water partition coefficient (Wildman–Crippen LogP) is 2.88. The number of aryl methyl sites for hydroxylation is 1. The van der Waals surface area contributed by atoms with E-state index in [1.165, 1.54) is 11.3 Å². The van der Waals surface area contributed by atoms with Gasteiger partial charge in [-0.05, 0) is 31.9 Å². The van der Waals surface area contributed by atoms with Crippen LogP contribution in [0.1, 0.15) is 28.1 Å². The summed E-state index contributed by atoms with van der Waals surface area (Å²) in [7, 11) is 1.75. The molecule has 0 saturated heterocycles. The number of anilines is 3. The molecule has 1 aliphatic rings. The zero-order chi connectivity index (χ0) is 15.0. The second-order valence-electron chi connectivity index (χ2n) is 5.35. The number of hydrogen-bond donors (Lipinski definition) is 2. The summed E-state index contributed by atoms with van der Waals surface area (Å²) < 4.78 is 0. The van der Waals surface area contributed by atoms with E-state index in [4.69, 9.17) is 5.73 Å². The number of rotatable bonds is 4. The summed E-state index contributed by atoms with van der Waals surface area (Å²) in [6.07, 6.45) is 2.32.